The predicted octanol–water partition coefficient (Wildman–Crippen LogP) is 6.23. The fourth-order valence-electron chi connectivity index (χ4n) is 2.88. The summed E-state index contributed by atoms with van der Waals surface area (Å²) in [7, 11) is 0. The summed E-state index contributed by atoms with van der Waals surface area (Å²) in [5, 5.41) is 0. The monoisotopic (exact) mass is 452 g/mol. The summed E-state index contributed by atoms with van der Waals surface area (Å²) in [6.07, 6.45) is 10.2. The third-order valence-electron chi connectivity index (χ3n) is 4.39. The van der Waals surface area contributed by atoms with E-state index in [0.29, 0.717) is 5.75 Å². The highest BCUT2D eigenvalue weighted by Crippen LogP contribution is 2.18. The average Bonchev–Trinajstić information content (AvgIpc) is 2.70. The molecule has 0 radical (unpaired) electrons. The van der Waals surface area contributed by atoms with Crippen molar-refractivity contribution in [3.63, 3.8) is 0 Å². The SMILES string of the molecule is CCCCCCCCCCOc1ccc(OCC(=O)CSCC(=O)OC(C)(C)C)cc1. The summed E-state index contributed by atoms with van der Waals surface area (Å²) >= 11 is 1.24. The zero-order chi connectivity index (χ0) is 23.0. The van der Waals surface area contributed by atoms with Gasteiger partial charge in [-0.25, -0.2) is 0 Å². The molecule has 1 rings (SSSR count). The Bertz CT molecular complexity index is 622. The first-order valence-electron chi connectivity index (χ1n) is 11.5. The Kier molecular flexibility index (Phi) is 14.1. The van der Waals surface area contributed by atoms with E-state index in [1.54, 1.807) is 0 Å². The molecule has 176 valence electrons. The van der Waals surface area contributed by atoms with Crippen LogP contribution >= 0.6 is 11.8 Å². The predicted molar refractivity (Wildman–Crippen MR) is 128 cm³/mol. The van der Waals surface area contributed by atoms with Gasteiger partial charge in [0, 0.05) is 0 Å². The fraction of sp³-hybridized carbons (Fsp3) is 0.680. The van der Waals surface area contributed by atoms with E-state index in [2.05, 4.69) is 6.92 Å². The molecule has 0 fully saturated rings. The second-order valence-electron chi connectivity index (χ2n) is 8.70. The van der Waals surface area contributed by atoms with Crippen LogP contribution in [0.2, 0.25) is 0 Å². The highest BCUT2D eigenvalue weighted by Gasteiger charge is 2.16. The lowest BCUT2D eigenvalue weighted by Gasteiger charge is -2.19. The van der Waals surface area contributed by atoms with Crippen molar-refractivity contribution in [3.8, 4) is 11.5 Å². The Labute approximate surface area is 192 Å². The minimum atomic E-state index is -0.505. The molecule has 0 spiro atoms. The molecule has 0 saturated heterocycles. The smallest absolute Gasteiger partial charge is 0.316 e. The van der Waals surface area contributed by atoms with E-state index >= 15 is 0 Å². The van der Waals surface area contributed by atoms with Gasteiger partial charge in [-0.05, 0) is 51.5 Å². The lowest BCUT2D eigenvalue weighted by molar-refractivity contribution is -0.151. The molecule has 0 aliphatic heterocycles. The van der Waals surface area contributed by atoms with E-state index in [4.69, 9.17) is 14.2 Å². The number of Topliss-reactive ketones (excluding diaryl/α,β-unsaturated/α-hetero) is 1. The minimum Gasteiger partial charge on any atom is -0.494 e. The van der Waals surface area contributed by atoms with E-state index in [1.807, 2.05) is 45.0 Å². The average molecular weight is 453 g/mol. The molecule has 31 heavy (non-hydrogen) atoms. The van der Waals surface area contributed by atoms with E-state index in [-0.39, 0.29) is 29.9 Å². The molecule has 0 aliphatic carbocycles. The van der Waals surface area contributed by atoms with Crippen molar-refractivity contribution in [2.75, 3.05) is 24.7 Å². The van der Waals surface area contributed by atoms with Crippen molar-refractivity contribution in [3.05, 3.63) is 24.3 Å². The molecule has 0 heterocycles. The normalized spacial score (nSPS) is 11.2. The summed E-state index contributed by atoms with van der Waals surface area (Å²) in [6, 6.07) is 7.35. The number of unbranched alkanes of at least 4 members (excludes halogenated alkanes) is 7. The van der Waals surface area contributed by atoms with Crippen LogP contribution in [0.3, 0.4) is 0 Å². The second kappa shape index (κ2) is 16.0. The largest absolute Gasteiger partial charge is 0.494 e. The van der Waals surface area contributed by atoms with Crippen molar-refractivity contribution in [1.82, 2.24) is 0 Å². The van der Waals surface area contributed by atoms with E-state index in [0.717, 1.165) is 18.8 Å². The van der Waals surface area contributed by atoms with Crippen LogP contribution in [0.15, 0.2) is 24.3 Å². The Hall–Kier alpha value is -1.69. The topological polar surface area (TPSA) is 61.8 Å². The minimum absolute atomic E-state index is 0.0141. The molecule has 0 unspecified atom stereocenters. The number of benzene rings is 1. The molecule has 0 aliphatic rings. The zero-order valence-corrected chi connectivity index (χ0v) is 20.6. The Morgan fingerprint density at radius 3 is 1.94 bits per heavy atom. The molecule has 0 amide bonds. The molecule has 1 aromatic carbocycles. The van der Waals surface area contributed by atoms with Gasteiger partial charge < -0.3 is 14.2 Å². The number of hydrogen-bond donors (Lipinski definition) is 0. The van der Waals surface area contributed by atoms with Gasteiger partial charge in [0.1, 0.15) is 23.7 Å². The number of ketones is 1. The third-order valence-corrected chi connectivity index (χ3v) is 5.36. The van der Waals surface area contributed by atoms with Gasteiger partial charge in [0.05, 0.1) is 18.1 Å². The van der Waals surface area contributed by atoms with Crippen LogP contribution in [-0.4, -0.2) is 42.1 Å². The number of hydrogen-bond acceptors (Lipinski definition) is 6. The molecule has 6 heteroatoms. The van der Waals surface area contributed by atoms with Gasteiger partial charge in [0.25, 0.3) is 0 Å². The summed E-state index contributed by atoms with van der Waals surface area (Å²) < 4.78 is 16.5. The van der Waals surface area contributed by atoms with Crippen LogP contribution in [0.4, 0.5) is 0 Å². The highest BCUT2D eigenvalue weighted by atomic mass is 32.2. The van der Waals surface area contributed by atoms with Crippen molar-refractivity contribution in [2.24, 2.45) is 0 Å². The lowest BCUT2D eigenvalue weighted by atomic mass is 10.1. The van der Waals surface area contributed by atoms with Gasteiger partial charge in [-0.1, -0.05) is 51.9 Å². The Morgan fingerprint density at radius 2 is 1.35 bits per heavy atom. The van der Waals surface area contributed by atoms with Gasteiger partial charge in [0.15, 0.2) is 5.78 Å². The molecule has 5 nitrogen and oxygen atoms in total. The molecule has 0 N–H and O–H groups in total. The van der Waals surface area contributed by atoms with Gasteiger partial charge in [0.2, 0.25) is 0 Å². The first-order chi connectivity index (χ1) is 14.8. The number of thioether (sulfide) groups is 1. The van der Waals surface area contributed by atoms with Gasteiger partial charge in [-0.2, -0.15) is 0 Å². The maximum atomic E-state index is 11.9. The first-order valence-corrected chi connectivity index (χ1v) is 12.6. The summed E-state index contributed by atoms with van der Waals surface area (Å²) in [5.74, 6) is 1.45. The van der Waals surface area contributed by atoms with Crippen LogP contribution in [-0.2, 0) is 14.3 Å². The maximum absolute atomic E-state index is 11.9. The van der Waals surface area contributed by atoms with E-state index < -0.39 is 5.60 Å². The molecule has 0 aromatic heterocycles. The van der Waals surface area contributed by atoms with E-state index in [9.17, 15) is 9.59 Å². The maximum Gasteiger partial charge on any atom is 0.316 e. The van der Waals surface area contributed by atoms with Crippen LogP contribution in [0, 0.1) is 0 Å². The molecule has 0 bridgehead atoms. The molecule has 1 aromatic rings. The third kappa shape index (κ3) is 15.7. The summed E-state index contributed by atoms with van der Waals surface area (Å²) in [4.78, 5) is 23.6. The fourth-order valence-corrected chi connectivity index (χ4v) is 3.52. The van der Waals surface area contributed by atoms with Crippen LogP contribution in [0.1, 0.15) is 79.1 Å². The Morgan fingerprint density at radius 1 is 0.806 bits per heavy atom. The quantitative estimate of drug-likeness (QED) is 0.206. The highest BCUT2D eigenvalue weighted by molar-refractivity contribution is 8.00. The van der Waals surface area contributed by atoms with Crippen LogP contribution < -0.4 is 9.47 Å². The van der Waals surface area contributed by atoms with E-state index in [1.165, 1.54) is 56.7 Å². The van der Waals surface area contributed by atoms with Gasteiger partial charge in [-0.15, -0.1) is 11.8 Å². The van der Waals surface area contributed by atoms with Crippen molar-refractivity contribution >= 4 is 23.5 Å². The lowest BCUT2D eigenvalue weighted by Crippen LogP contribution is -2.25. The molecule has 0 atom stereocenters. The first kappa shape index (κ1) is 27.3. The Balaban J connectivity index is 2.10. The zero-order valence-electron chi connectivity index (χ0n) is 19.7. The molecular weight excluding hydrogens is 412 g/mol. The summed E-state index contributed by atoms with van der Waals surface area (Å²) in [6.45, 7) is 8.41. The second-order valence-corrected chi connectivity index (χ2v) is 9.69. The molecule has 0 saturated carbocycles. The van der Waals surface area contributed by atoms with Crippen LogP contribution in [0.5, 0.6) is 11.5 Å². The van der Waals surface area contributed by atoms with Gasteiger partial charge in [-0.3, -0.25) is 9.59 Å². The number of carbonyl (C=O) groups is 2. The molecular formula is C25H40O5S. The van der Waals surface area contributed by atoms with Gasteiger partial charge >= 0.3 is 5.97 Å². The standard InChI is InChI=1S/C25H40O5S/c1-5-6-7-8-9-10-11-12-17-28-22-13-15-23(16-14-22)29-18-21(26)19-31-20-24(27)30-25(2,3)4/h13-16H,5-12,17-20H2,1-4H3. The summed E-state index contributed by atoms with van der Waals surface area (Å²) in [5.41, 5.74) is -0.505. The van der Waals surface area contributed by atoms with Crippen LogP contribution in [0.25, 0.3) is 0 Å². The number of carbonyl (C=O) groups excluding carboxylic acids is 2. The van der Waals surface area contributed by atoms with Crippen molar-refractivity contribution in [1.29, 1.82) is 0 Å². The van der Waals surface area contributed by atoms with Crippen molar-refractivity contribution in [2.45, 2.75) is 84.7 Å². The number of esters is 1. The number of rotatable bonds is 17. The van der Waals surface area contributed by atoms with Crippen molar-refractivity contribution < 1.29 is 23.8 Å². The number of ether oxygens (including phenoxy) is 3.